The van der Waals surface area contributed by atoms with Crippen molar-refractivity contribution in [1.29, 1.82) is 0 Å². The average molecular weight is 505 g/mol. The number of amides is 3. The maximum atomic E-state index is 14.9. The van der Waals surface area contributed by atoms with E-state index in [1.54, 1.807) is 0 Å². The lowest BCUT2D eigenvalue weighted by Crippen LogP contribution is -2.33. The summed E-state index contributed by atoms with van der Waals surface area (Å²) in [6.07, 6.45) is -1.48. The number of halogens is 3. The quantitative estimate of drug-likeness (QED) is 0.528. The second-order valence-electron chi connectivity index (χ2n) is 7.63. The van der Waals surface area contributed by atoms with Gasteiger partial charge in [0.05, 0.1) is 24.3 Å². The van der Waals surface area contributed by atoms with Crippen molar-refractivity contribution in [3.8, 4) is 21.7 Å². The van der Waals surface area contributed by atoms with E-state index in [4.69, 9.17) is 4.74 Å². The first-order valence-corrected chi connectivity index (χ1v) is 11.1. The molecule has 35 heavy (non-hydrogen) atoms. The molecule has 0 saturated carbocycles. The molecule has 2 aromatic carbocycles. The van der Waals surface area contributed by atoms with Gasteiger partial charge >= 0.3 is 6.09 Å². The Kier molecular flexibility index (Phi) is 6.69. The number of ether oxygens (including phenoxy) is 1. The molecule has 1 saturated heterocycles. The largest absolute Gasteiger partial charge is 0.442 e. The van der Waals surface area contributed by atoms with Gasteiger partial charge < -0.3 is 15.4 Å². The minimum absolute atomic E-state index is 0.0109. The van der Waals surface area contributed by atoms with E-state index in [2.05, 4.69) is 20.8 Å². The number of cyclic esters (lactones) is 1. The van der Waals surface area contributed by atoms with Crippen LogP contribution in [-0.2, 0) is 14.3 Å². The fraction of sp³-hybridized carbons (Fsp3) is 0.227. The summed E-state index contributed by atoms with van der Waals surface area (Å²) in [5, 5.41) is 12.9. The zero-order chi connectivity index (χ0) is 25.3. The Morgan fingerprint density at radius 2 is 1.80 bits per heavy atom. The molecule has 3 amide bonds. The Labute approximate surface area is 200 Å². The van der Waals surface area contributed by atoms with Crippen LogP contribution in [0.3, 0.4) is 0 Å². The number of carbonyl (C=O) groups excluding carboxylic acids is 3. The van der Waals surface area contributed by atoms with Gasteiger partial charge in [-0.05, 0) is 29.8 Å². The Bertz CT molecular complexity index is 1310. The second-order valence-corrected chi connectivity index (χ2v) is 8.60. The van der Waals surface area contributed by atoms with Crippen molar-refractivity contribution in [3.63, 3.8) is 0 Å². The van der Waals surface area contributed by atoms with Crippen LogP contribution >= 0.6 is 11.3 Å². The first kappa shape index (κ1) is 24.1. The molecule has 1 fully saturated rings. The molecular formula is C22H18F3N5O4S. The maximum absolute atomic E-state index is 14.9. The first-order valence-electron chi connectivity index (χ1n) is 10.3. The Morgan fingerprint density at radius 1 is 1.09 bits per heavy atom. The van der Waals surface area contributed by atoms with Crippen LogP contribution in [0.15, 0.2) is 30.3 Å². The highest BCUT2D eigenvalue weighted by atomic mass is 32.1. The van der Waals surface area contributed by atoms with Gasteiger partial charge in [0.25, 0.3) is 0 Å². The van der Waals surface area contributed by atoms with Gasteiger partial charge in [0.2, 0.25) is 16.9 Å². The first-order chi connectivity index (χ1) is 16.6. The molecule has 1 atom stereocenters. The van der Waals surface area contributed by atoms with Gasteiger partial charge in [0.15, 0.2) is 5.01 Å². The zero-order valence-electron chi connectivity index (χ0n) is 18.4. The van der Waals surface area contributed by atoms with Gasteiger partial charge in [-0.25, -0.2) is 18.0 Å². The number of nitrogens with one attached hydrogen (secondary N) is 2. The Hall–Kier alpha value is -4.00. The molecule has 182 valence electrons. The predicted octanol–water partition coefficient (Wildman–Crippen LogP) is 3.71. The summed E-state index contributed by atoms with van der Waals surface area (Å²) in [6.45, 7) is 2.65. The fourth-order valence-electron chi connectivity index (χ4n) is 3.46. The number of benzene rings is 2. The Morgan fingerprint density at radius 3 is 2.43 bits per heavy atom. The van der Waals surface area contributed by atoms with Crippen molar-refractivity contribution in [2.45, 2.75) is 20.0 Å². The van der Waals surface area contributed by atoms with Crippen LogP contribution in [0.5, 0.6) is 0 Å². The molecule has 2 N–H and O–H groups in total. The van der Waals surface area contributed by atoms with Crippen LogP contribution in [0.2, 0.25) is 0 Å². The molecule has 13 heteroatoms. The summed E-state index contributed by atoms with van der Waals surface area (Å²) in [4.78, 5) is 35.4. The molecule has 0 spiro atoms. The molecule has 4 rings (SSSR count). The van der Waals surface area contributed by atoms with Crippen molar-refractivity contribution >= 4 is 40.1 Å². The van der Waals surface area contributed by atoms with Crippen molar-refractivity contribution in [1.82, 2.24) is 15.5 Å². The van der Waals surface area contributed by atoms with Gasteiger partial charge in [-0.2, -0.15) is 0 Å². The molecule has 0 radical (unpaired) electrons. The highest BCUT2D eigenvalue weighted by Crippen LogP contribution is 2.35. The van der Waals surface area contributed by atoms with Crippen molar-refractivity contribution in [2.75, 3.05) is 23.3 Å². The summed E-state index contributed by atoms with van der Waals surface area (Å²) in [6, 6.07) is 5.50. The molecular weight excluding hydrogens is 487 g/mol. The molecule has 1 unspecified atom stereocenters. The number of aromatic nitrogens is 2. The third kappa shape index (κ3) is 5.24. The van der Waals surface area contributed by atoms with Crippen LogP contribution in [0.4, 0.5) is 28.8 Å². The number of anilines is 2. The minimum Gasteiger partial charge on any atom is -0.442 e. The van der Waals surface area contributed by atoms with E-state index < -0.39 is 35.2 Å². The molecule has 1 aromatic heterocycles. The van der Waals surface area contributed by atoms with E-state index in [1.807, 2.05) is 0 Å². The monoisotopic (exact) mass is 505 g/mol. The number of hydrogen-bond donors (Lipinski definition) is 2. The van der Waals surface area contributed by atoms with E-state index in [9.17, 15) is 27.6 Å². The summed E-state index contributed by atoms with van der Waals surface area (Å²) in [5.74, 6) is -3.47. The molecule has 1 aliphatic heterocycles. The van der Waals surface area contributed by atoms with Crippen molar-refractivity contribution in [2.24, 2.45) is 0 Å². The summed E-state index contributed by atoms with van der Waals surface area (Å²) >= 11 is 0.943. The Balaban J connectivity index is 1.58. The van der Waals surface area contributed by atoms with Crippen LogP contribution in [0, 0.1) is 17.5 Å². The normalized spacial score (nSPS) is 15.2. The number of hydrogen-bond acceptors (Lipinski definition) is 7. The van der Waals surface area contributed by atoms with Crippen LogP contribution in [0.1, 0.15) is 13.8 Å². The minimum atomic E-state index is -1.01. The summed E-state index contributed by atoms with van der Waals surface area (Å²) in [5.41, 5.74) is -0.564. The summed E-state index contributed by atoms with van der Waals surface area (Å²) < 4.78 is 49.8. The van der Waals surface area contributed by atoms with Crippen LogP contribution < -0.4 is 15.5 Å². The topological polar surface area (TPSA) is 114 Å². The number of rotatable bonds is 6. The van der Waals surface area contributed by atoms with Gasteiger partial charge in [0, 0.05) is 19.4 Å². The van der Waals surface area contributed by atoms with E-state index in [0.29, 0.717) is 0 Å². The average Bonchev–Trinajstić information content (AvgIpc) is 3.37. The van der Waals surface area contributed by atoms with Gasteiger partial charge in [-0.1, -0.05) is 17.4 Å². The van der Waals surface area contributed by atoms with E-state index >= 15 is 0 Å². The van der Waals surface area contributed by atoms with E-state index in [1.165, 1.54) is 26.0 Å². The SMILES string of the molecule is CC(=O)NCC1CN(c2cc(F)c(-c3ccc(-c4nnc(NC(C)=O)s4)c(F)c3)c(F)c2)C(=O)O1. The lowest BCUT2D eigenvalue weighted by Gasteiger charge is -2.15. The van der Waals surface area contributed by atoms with Gasteiger partial charge in [-0.3, -0.25) is 14.5 Å². The van der Waals surface area contributed by atoms with Gasteiger partial charge in [-0.15, -0.1) is 10.2 Å². The molecule has 9 nitrogen and oxygen atoms in total. The molecule has 1 aliphatic rings. The fourth-order valence-corrected chi connectivity index (χ4v) is 4.28. The number of carbonyl (C=O) groups is 3. The second kappa shape index (κ2) is 9.70. The molecule has 0 bridgehead atoms. The van der Waals surface area contributed by atoms with Crippen LogP contribution in [-0.4, -0.2) is 47.3 Å². The smallest absolute Gasteiger partial charge is 0.414 e. The standard InChI is InChI=1S/C22H18F3N5O4S/c1-10(31)26-8-14-9-30(22(33)34-14)13-6-17(24)19(18(25)7-13)12-3-4-15(16(23)5-12)20-28-29-21(35-20)27-11(2)32/h3-7,14H,8-9H2,1-2H3,(H,26,31)(H,27,29,32). The lowest BCUT2D eigenvalue weighted by atomic mass is 10.0. The molecule has 2 heterocycles. The predicted molar refractivity (Wildman–Crippen MR) is 121 cm³/mol. The molecule has 3 aromatic rings. The van der Waals surface area contributed by atoms with Crippen LogP contribution in [0.25, 0.3) is 21.7 Å². The van der Waals surface area contributed by atoms with E-state index in [-0.39, 0.29) is 51.9 Å². The zero-order valence-corrected chi connectivity index (χ0v) is 19.2. The summed E-state index contributed by atoms with van der Waals surface area (Å²) in [7, 11) is 0. The van der Waals surface area contributed by atoms with E-state index in [0.717, 1.165) is 34.4 Å². The lowest BCUT2D eigenvalue weighted by molar-refractivity contribution is -0.119. The van der Waals surface area contributed by atoms with Crippen molar-refractivity contribution < 1.29 is 32.3 Å². The third-order valence-corrected chi connectivity index (χ3v) is 5.86. The highest BCUT2D eigenvalue weighted by Gasteiger charge is 2.33. The van der Waals surface area contributed by atoms with Gasteiger partial charge in [0.1, 0.15) is 23.6 Å². The highest BCUT2D eigenvalue weighted by molar-refractivity contribution is 7.18. The van der Waals surface area contributed by atoms with Crippen molar-refractivity contribution in [3.05, 3.63) is 47.8 Å². The third-order valence-electron chi connectivity index (χ3n) is 4.99. The maximum Gasteiger partial charge on any atom is 0.414 e. The number of nitrogens with zero attached hydrogens (tertiary/aromatic N) is 3. The molecule has 0 aliphatic carbocycles.